The summed E-state index contributed by atoms with van der Waals surface area (Å²) < 4.78 is 19.2. The Labute approximate surface area is 144 Å². The molecule has 1 aromatic carbocycles. The summed E-state index contributed by atoms with van der Waals surface area (Å²) in [5.41, 5.74) is 0.239. The molecule has 7 heteroatoms. The number of hydrogen-bond donors (Lipinski definition) is 1. The normalized spacial score (nSPS) is 24.3. The van der Waals surface area contributed by atoms with Crippen LogP contribution in [0.2, 0.25) is 0 Å². The summed E-state index contributed by atoms with van der Waals surface area (Å²) in [6, 6.07) is 5.34. The lowest BCUT2D eigenvalue weighted by atomic mass is 10.1. The van der Waals surface area contributed by atoms with Crippen molar-refractivity contribution in [3.05, 3.63) is 46.0 Å². The number of aromatic nitrogens is 1. The number of benzene rings is 1. The van der Waals surface area contributed by atoms with Crippen LogP contribution < -0.4 is 5.56 Å². The fraction of sp³-hybridized carbons (Fsp3) is 0.444. The number of H-pyrrole nitrogens is 1. The first kappa shape index (κ1) is 16.2. The molecule has 2 aliphatic heterocycles. The van der Waals surface area contributed by atoms with Crippen LogP contribution in [0.25, 0.3) is 10.9 Å². The average molecular weight is 345 g/mol. The van der Waals surface area contributed by atoms with Gasteiger partial charge in [0.25, 0.3) is 5.91 Å². The quantitative estimate of drug-likeness (QED) is 0.840. The van der Waals surface area contributed by atoms with E-state index in [4.69, 9.17) is 4.74 Å². The number of amides is 1. The highest BCUT2D eigenvalue weighted by Crippen LogP contribution is 2.24. The molecule has 1 N–H and O–H groups in total. The minimum Gasteiger partial charge on any atom is -0.379 e. The van der Waals surface area contributed by atoms with Crippen LogP contribution >= 0.6 is 0 Å². The molecular weight excluding hydrogens is 325 g/mol. The summed E-state index contributed by atoms with van der Waals surface area (Å²) in [4.78, 5) is 31.9. The first-order chi connectivity index (χ1) is 12.0. The van der Waals surface area contributed by atoms with E-state index in [1.165, 1.54) is 18.2 Å². The molecule has 2 atom stereocenters. The van der Waals surface area contributed by atoms with Gasteiger partial charge in [0.15, 0.2) is 0 Å². The van der Waals surface area contributed by atoms with Crippen LogP contribution in [-0.4, -0.2) is 66.6 Å². The lowest BCUT2D eigenvalue weighted by Gasteiger charge is -2.30. The molecule has 3 heterocycles. The summed E-state index contributed by atoms with van der Waals surface area (Å²) in [5, 5.41) is 0.555. The summed E-state index contributed by atoms with van der Waals surface area (Å²) in [6.45, 7) is 3.33. The summed E-state index contributed by atoms with van der Waals surface area (Å²) in [7, 11) is 2.05. The van der Waals surface area contributed by atoms with Crippen molar-refractivity contribution in [1.29, 1.82) is 0 Å². The number of carbonyl (C=O) groups is 1. The van der Waals surface area contributed by atoms with E-state index in [9.17, 15) is 14.0 Å². The van der Waals surface area contributed by atoms with Crippen molar-refractivity contribution in [1.82, 2.24) is 14.8 Å². The number of pyridine rings is 1. The Morgan fingerprint density at radius 2 is 2.08 bits per heavy atom. The Morgan fingerprint density at radius 1 is 1.24 bits per heavy atom. The summed E-state index contributed by atoms with van der Waals surface area (Å²) in [5.74, 6) is -0.404. The molecule has 0 aliphatic carbocycles. The van der Waals surface area contributed by atoms with Gasteiger partial charge in [-0.05, 0) is 25.2 Å². The second kappa shape index (κ2) is 6.24. The van der Waals surface area contributed by atoms with Crippen LogP contribution in [0, 0.1) is 11.7 Å². The molecule has 0 saturated carbocycles. The van der Waals surface area contributed by atoms with Crippen LogP contribution in [0.1, 0.15) is 10.4 Å². The van der Waals surface area contributed by atoms with Crippen LogP contribution in [-0.2, 0) is 4.74 Å². The third-order valence-corrected chi connectivity index (χ3v) is 4.95. The zero-order valence-electron chi connectivity index (χ0n) is 14.0. The zero-order valence-corrected chi connectivity index (χ0v) is 14.0. The predicted octanol–water partition coefficient (Wildman–Crippen LogP) is 1.07. The van der Waals surface area contributed by atoms with Crippen molar-refractivity contribution in [2.45, 2.75) is 6.04 Å². The van der Waals surface area contributed by atoms with E-state index in [2.05, 4.69) is 9.88 Å². The van der Waals surface area contributed by atoms with E-state index in [1.54, 1.807) is 6.07 Å². The molecule has 1 amide bonds. The molecule has 1 aromatic heterocycles. The molecule has 0 spiro atoms. The van der Waals surface area contributed by atoms with Crippen molar-refractivity contribution in [2.75, 3.05) is 39.9 Å². The number of rotatable bonds is 1. The van der Waals surface area contributed by atoms with E-state index in [0.717, 1.165) is 13.1 Å². The standard InChI is InChI=1S/C18H20FN3O3/c1-21-6-11-7-22(13(8-21)10-25-9-11)18(24)15-5-17(23)20-16-4-12(19)2-3-14(15)16/h2-5,11,13H,6-10H2,1H3,(H,20,23)/t11-,13-/m0/s1. The largest absolute Gasteiger partial charge is 0.379 e. The Morgan fingerprint density at radius 3 is 2.92 bits per heavy atom. The Bertz CT molecular complexity index is 881. The molecule has 6 nitrogen and oxygen atoms in total. The van der Waals surface area contributed by atoms with Crippen molar-refractivity contribution in [2.24, 2.45) is 5.92 Å². The first-order valence-corrected chi connectivity index (χ1v) is 8.41. The minimum atomic E-state index is -0.451. The van der Waals surface area contributed by atoms with Gasteiger partial charge in [0.2, 0.25) is 5.56 Å². The second-order valence-electron chi connectivity index (χ2n) is 6.97. The fourth-order valence-corrected chi connectivity index (χ4v) is 3.89. The second-order valence-corrected chi connectivity index (χ2v) is 6.97. The Hall–Kier alpha value is -2.25. The van der Waals surface area contributed by atoms with Crippen LogP contribution in [0.3, 0.4) is 0 Å². The van der Waals surface area contributed by atoms with Crippen LogP contribution in [0.15, 0.2) is 29.1 Å². The molecule has 0 radical (unpaired) electrons. The van der Waals surface area contributed by atoms with E-state index < -0.39 is 11.4 Å². The highest BCUT2D eigenvalue weighted by atomic mass is 19.1. The van der Waals surface area contributed by atoms with E-state index in [1.807, 2.05) is 11.9 Å². The average Bonchev–Trinajstić information content (AvgIpc) is 2.83. The number of nitrogens with zero attached hydrogens (tertiary/aromatic N) is 2. The van der Waals surface area contributed by atoms with E-state index in [0.29, 0.717) is 36.2 Å². The number of halogens is 1. The molecule has 0 unspecified atom stereocenters. The SMILES string of the molecule is CN1C[C@@H]2COC[C@H](C1)N(C(=O)c1cc(=O)[nH]c3cc(F)ccc13)C2. The van der Waals surface area contributed by atoms with Gasteiger partial charge in [0.05, 0.1) is 30.3 Å². The smallest absolute Gasteiger partial charge is 0.255 e. The zero-order chi connectivity index (χ0) is 17.6. The highest BCUT2D eigenvalue weighted by Gasteiger charge is 2.35. The topological polar surface area (TPSA) is 65.6 Å². The molecule has 2 saturated heterocycles. The van der Waals surface area contributed by atoms with Crippen molar-refractivity contribution in [3.63, 3.8) is 0 Å². The summed E-state index contributed by atoms with van der Waals surface area (Å²) in [6.07, 6.45) is 0. The van der Waals surface area contributed by atoms with Gasteiger partial charge in [-0.15, -0.1) is 0 Å². The maximum absolute atomic E-state index is 13.5. The van der Waals surface area contributed by atoms with Gasteiger partial charge in [0, 0.05) is 37.0 Å². The van der Waals surface area contributed by atoms with Gasteiger partial charge in [-0.1, -0.05) is 0 Å². The number of ether oxygens (including phenoxy) is 1. The number of carbonyl (C=O) groups excluding carboxylic acids is 1. The van der Waals surface area contributed by atoms with Gasteiger partial charge >= 0.3 is 0 Å². The summed E-state index contributed by atoms with van der Waals surface area (Å²) >= 11 is 0. The van der Waals surface area contributed by atoms with E-state index >= 15 is 0 Å². The lowest BCUT2D eigenvalue weighted by molar-refractivity contribution is 0.0484. The van der Waals surface area contributed by atoms with Crippen molar-refractivity contribution >= 4 is 16.8 Å². The van der Waals surface area contributed by atoms with Gasteiger partial charge in [-0.3, -0.25) is 9.59 Å². The van der Waals surface area contributed by atoms with Crippen molar-refractivity contribution < 1.29 is 13.9 Å². The van der Waals surface area contributed by atoms with Crippen LogP contribution in [0.4, 0.5) is 4.39 Å². The predicted molar refractivity (Wildman–Crippen MR) is 91.2 cm³/mol. The maximum atomic E-state index is 13.5. The molecule has 2 fully saturated rings. The molecule has 2 bridgehead atoms. The molecule has 4 rings (SSSR count). The first-order valence-electron chi connectivity index (χ1n) is 8.41. The maximum Gasteiger partial charge on any atom is 0.255 e. The Kier molecular flexibility index (Phi) is 4.05. The fourth-order valence-electron chi connectivity index (χ4n) is 3.89. The lowest BCUT2D eigenvalue weighted by Crippen LogP contribution is -2.46. The Balaban J connectivity index is 1.78. The third kappa shape index (κ3) is 3.05. The number of aromatic amines is 1. The van der Waals surface area contributed by atoms with Crippen molar-refractivity contribution in [3.8, 4) is 0 Å². The molecule has 132 valence electrons. The molecule has 25 heavy (non-hydrogen) atoms. The molecule has 2 aliphatic rings. The van der Waals surface area contributed by atoms with Gasteiger partial charge in [0.1, 0.15) is 5.82 Å². The number of nitrogens with one attached hydrogen (secondary N) is 1. The number of hydrogen-bond acceptors (Lipinski definition) is 4. The molecule has 2 aromatic rings. The van der Waals surface area contributed by atoms with Gasteiger partial charge in [-0.2, -0.15) is 0 Å². The molecular formula is C18H20FN3O3. The third-order valence-electron chi connectivity index (χ3n) is 4.95. The monoisotopic (exact) mass is 345 g/mol. The van der Waals surface area contributed by atoms with Gasteiger partial charge < -0.3 is 19.5 Å². The van der Waals surface area contributed by atoms with Gasteiger partial charge in [-0.25, -0.2) is 4.39 Å². The highest BCUT2D eigenvalue weighted by molar-refractivity contribution is 6.06. The van der Waals surface area contributed by atoms with E-state index in [-0.39, 0.29) is 17.9 Å². The number of likely N-dealkylation sites (N-methyl/N-ethyl adjacent to an activating group) is 1. The number of fused-ring (bicyclic) bond motifs is 4. The van der Waals surface area contributed by atoms with Crippen LogP contribution in [0.5, 0.6) is 0 Å². The minimum absolute atomic E-state index is 0.0558.